The molecule has 2 fully saturated rings. The van der Waals surface area contributed by atoms with Gasteiger partial charge in [-0.2, -0.15) is 17.6 Å². The summed E-state index contributed by atoms with van der Waals surface area (Å²) in [4.78, 5) is 68.4. The van der Waals surface area contributed by atoms with Gasteiger partial charge in [0.1, 0.15) is 18.1 Å². The van der Waals surface area contributed by atoms with Crippen LogP contribution >= 0.6 is 0 Å². The molecule has 14 nitrogen and oxygen atoms in total. The molecule has 0 aromatic rings. The minimum atomic E-state index is -3.26. The number of hydrogen-bond donors (Lipinski definition) is 5. The summed E-state index contributed by atoms with van der Waals surface area (Å²) in [5.74, 6) is -4.26. The van der Waals surface area contributed by atoms with Gasteiger partial charge in [0.15, 0.2) is 5.78 Å². The predicted octanol–water partition coefficient (Wildman–Crippen LogP) is 0.806. The van der Waals surface area contributed by atoms with E-state index in [0.29, 0.717) is 32.7 Å². The average molecular weight is 728 g/mol. The number of carbonyl (C=O) groups is 5. The molecule has 0 aromatic carbocycles. The van der Waals surface area contributed by atoms with Crippen molar-refractivity contribution in [1.82, 2.24) is 26.2 Å². The molecule has 5 N–H and O–H groups in total. The molecular formula is C32H53F4N5O9. The lowest BCUT2D eigenvalue weighted by Gasteiger charge is -2.29. The summed E-state index contributed by atoms with van der Waals surface area (Å²) >= 11 is 0. The van der Waals surface area contributed by atoms with E-state index in [0.717, 1.165) is 0 Å². The van der Waals surface area contributed by atoms with E-state index in [2.05, 4.69) is 30.7 Å². The van der Waals surface area contributed by atoms with Gasteiger partial charge in [0, 0.05) is 31.5 Å². The van der Waals surface area contributed by atoms with E-state index in [1.165, 1.54) is 0 Å². The van der Waals surface area contributed by atoms with Crippen LogP contribution in [0.25, 0.3) is 0 Å². The number of halogens is 4. The van der Waals surface area contributed by atoms with Crippen LogP contribution in [0.15, 0.2) is 0 Å². The smallest absolute Gasteiger partial charge is 0.345 e. The maximum absolute atomic E-state index is 13.6. The maximum Gasteiger partial charge on any atom is 0.345 e. The van der Waals surface area contributed by atoms with Crippen molar-refractivity contribution in [2.75, 3.05) is 52.7 Å². The number of Topliss-reactive ketones (excluding diaryl/α,β-unsaturated/α-hetero) is 1. The summed E-state index contributed by atoms with van der Waals surface area (Å²) in [5, 5.41) is 19.5. The van der Waals surface area contributed by atoms with E-state index in [1.807, 2.05) is 13.8 Å². The number of aliphatic hydroxyl groups excluding tert-OH is 1. The fraction of sp³-hybridized carbons (Fsp3) is 0.844. The molecule has 288 valence electrons. The van der Waals surface area contributed by atoms with Gasteiger partial charge >= 0.3 is 13.2 Å². The normalized spacial score (nSPS) is 21.8. The van der Waals surface area contributed by atoms with Gasteiger partial charge in [-0.1, -0.05) is 34.6 Å². The first-order valence-corrected chi connectivity index (χ1v) is 16.9. The Morgan fingerprint density at radius 2 is 1.32 bits per heavy atom. The number of morpholine rings is 1. The Hall–Kier alpha value is -2.93. The van der Waals surface area contributed by atoms with Crippen LogP contribution < -0.4 is 21.3 Å². The highest BCUT2D eigenvalue weighted by atomic mass is 19.3. The first-order valence-electron chi connectivity index (χ1n) is 16.9. The second-order valence-electron chi connectivity index (χ2n) is 13.8. The van der Waals surface area contributed by atoms with Gasteiger partial charge < -0.3 is 40.6 Å². The van der Waals surface area contributed by atoms with E-state index >= 15 is 0 Å². The van der Waals surface area contributed by atoms with Gasteiger partial charge in [-0.05, 0) is 37.0 Å². The molecule has 1 aliphatic heterocycles. The summed E-state index contributed by atoms with van der Waals surface area (Å²) in [6, 6.07) is -5.46. The molecule has 2 unspecified atom stereocenters. The second-order valence-corrected chi connectivity index (χ2v) is 13.8. The first-order chi connectivity index (χ1) is 23.5. The molecule has 50 heavy (non-hydrogen) atoms. The minimum Gasteiger partial charge on any atom is -0.396 e. The number of nitrogens with one attached hydrogen (secondary N) is 4. The summed E-state index contributed by atoms with van der Waals surface area (Å²) < 4.78 is 65.4. The van der Waals surface area contributed by atoms with Crippen molar-refractivity contribution in [2.24, 2.45) is 23.2 Å². The molecule has 4 amide bonds. The monoisotopic (exact) mass is 727 g/mol. The average Bonchev–Trinajstić information content (AvgIpc) is 3.72. The van der Waals surface area contributed by atoms with E-state index in [-0.39, 0.29) is 49.5 Å². The number of hydrogen-bond acceptors (Lipinski definition) is 10. The fourth-order valence-electron chi connectivity index (χ4n) is 5.74. The van der Waals surface area contributed by atoms with Gasteiger partial charge in [-0.15, -0.1) is 0 Å². The molecule has 0 aromatic heterocycles. The Labute approximate surface area is 290 Å². The topological polar surface area (TPSA) is 185 Å². The lowest BCUT2D eigenvalue weighted by Crippen LogP contribution is -2.59. The van der Waals surface area contributed by atoms with Crippen molar-refractivity contribution in [3.05, 3.63) is 0 Å². The quantitative estimate of drug-likeness (QED) is 0.0945. The third kappa shape index (κ3) is 14.7. The Kier molecular flexibility index (Phi) is 18.0. The molecule has 1 aliphatic carbocycles. The van der Waals surface area contributed by atoms with Crippen LogP contribution in [0.2, 0.25) is 0 Å². The Bertz CT molecular complexity index is 1130. The SMILES string of the molecule is CC(C)C[C@H](NC(=O)[C@H](COC(F)F)NC(=O)CN1CCOCC1)C(=O)N[C@@H](CCOC(F)F)C(=O)N[C@@H](CC(C)C)C(=O)C1(C)CC1CO. The Morgan fingerprint density at radius 3 is 1.86 bits per heavy atom. The molecule has 1 saturated heterocycles. The zero-order chi connectivity index (χ0) is 37.6. The number of aliphatic hydroxyl groups is 1. The predicted molar refractivity (Wildman–Crippen MR) is 171 cm³/mol. The molecule has 1 saturated carbocycles. The molecule has 0 bridgehead atoms. The fourth-order valence-corrected chi connectivity index (χ4v) is 5.74. The highest BCUT2D eigenvalue weighted by molar-refractivity contribution is 5.98. The van der Waals surface area contributed by atoms with Gasteiger partial charge in [-0.3, -0.25) is 28.9 Å². The van der Waals surface area contributed by atoms with Gasteiger partial charge in [0.25, 0.3) is 0 Å². The largest absolute Gasteiger partial charge is 0.396 e. The van der Waals surface area contributed by atoms with Gasteiger partial charge in [-0.25, -0.2) is 0 Å². The van der Waals surface area contributed by atoms with Crippen LogP contribution in [0.5, 0.6) is 0 Å². The number of alkyl halides is 4. The lowest BCUT2D eigenvalue weighted by atomic mass is 9.89. The van der Waals surface area contributed by atoms with Crippen molar-refractivity contribution >= 4 is 29.4 Å². The van der Waals surface area contributed by atoms with Crippen molar-refractivity contribution in [1.29, 1.82) is 0 Å². The van der Waals surface area contributed by atoms with Crippen LogP contribution in [-0.2, 0) is 38.2 Å². The number of amides is 4. The summed E-state index contributed by atoms with van der Waals surface area (Å²) in [5.41, 5.74) is -0.853. The molecular weight excluding hydrogens is 674 g/mol. The number of nitrogens with zero attached hydrogens (tertiary/aromatic N) is 1. The number of ether oxygens (including phenoxy) is 3. The first kappa shape index (κ1) is 43.2. The van der Waals surface area contributed by atoms with Gasteiger partial charge in [0.05, 0.1) is 39.0 Å². The Balaban J connectivity index is 2.23. The zero-order valence-corrected chi connectivity index (χ0v) is 29.4. The molecule has 2 rings (SSSR count). The van der Waals surface area contributed by atoms with E-state index in [1.54, 1.807) is 25.7 Å². The molecule has 1 heterocycles. The van der Waals surface area contributed by atoms with Crippen molar-refractivity contribution < 1.29 is 60.9 Å². The van der Waals surface area contributed by atoms with Crippen LogP contribution in [0, 0.1) is 23.2 Å². The molecule has 0 radical (unpaired) electrons. The minimum absolute atomic E-state index is 0.00103. The second kappa shape index (κ2) is 20.8. The highest BCUT2D eigenvalue weighted by Crippen LogP contribution is 2.53. The van der Waals surface area contributed by atoms with Gasteiger partial charge in [0.2, 0.25) is 23.6 Å². The third-order valence-electron chi connectivity index (χ3n) is 8.67. The number of carbonyl (C=O) groups excluding carboxylic acids is 5. The van der Waals surface area contributed by atoms with E-state index < -0.39 is 86.1 Å². The van der Waals surface area contributed by atoms with Crippen LogP contribution in [0.1, 0.15) is 60.3 Å². The van der Waals surface area contributed by atoms with Crippen LogP contribution in [0.3, 0.4) is 0 Å². The summed E-state index contributed by atoms with van der Waals surface area (Å²) in [6.45, 7) is 2.18. The number of ketones is 1. The molecule has 2 aliphatic rings. The Morgan fingerprint density at radius 1 is 0.800 bits per heavy atom. The lowest BCUT2D eigenvalue weighted by molar-refractivity contribution is -0.148. The van der Waals surface area contributed by atoms with Crippen LogP contribution in [0.4, 0.5) is 17.6 Å². The zero-order valence-electron chi connectivity index (χ0n) is 29.4. The van der Waals surface area contributed by atoms with Crippen molar-refractivity contribution in [3.63, 3.8) is 0 Å². The van der Waals surface area contributed by atoms with Crippen LogP contribution in [-0.4, -0.2) is 129 Å². The summed E-state index contributed by atoms with van der Waals surface area (Å²) in [6.07, 6.45) is 0.242. The van der Waals surface area contributed by atoms with Crippen molar-refractivity contribution in [2.45, 2.75) is 97.7 Å². The summed E-state index contributed by atoms with van der Waals surface area (Å²) in [7, 11) is 0. The third-order valence-corrected chi connectivity index (χ3v) is 8.67. The highest BCUT2D eigenvalue weighted by Gasteiger charge is 2.57. The van der Waals surface area contributed by atoms with Crippen molar-refractivity contribution in [3.8, 4) is 0 Å². The van der Waals surface area contributed by atoms with E-state index in [4.69, 9.17) is 4.74 Å². The standard InChI is InChI=1S/C32H53F4N5O9/c1-18(2)12-22(26(44)32(5)14-20(32)16-42)39-27(45)21(6-9-49-30(33)34)38-28(46)23(13-19(3)4)40-29(47)24(17-50-31(35)36)37-25(43)15-41-7-10-48-11-8-41/h18-24,30-31,42H,6-17H2,1-5H3,(H,37,43)(H,38,46)(H,39,45)(H,40,47)/t20?,21-,22-,23-,24-,32?/m0/s1. The van der Waals surface area contributed by atoms with E-state index in [9.17, 15) is 46.6 Å². The molecule has 18 heteroatoms. The maximum atomic E-state index is 13.6. The molecule has 6 atom stereocenters. The number of rotatable bonds is 23. The molecule has 0 spiro atoms.